The summed E-state index contributed by atoms with van der Waals surface area (Å²) in [4.78, 5) is 22.9. The Morgan fingerprint density at radius 2 is 1.97 bits per heavy atom. The highest BCUT2D eigenvalue weighted by molar-refractivity contribution is 6.35. The number of ether oxygens (including phenoxy) is 2. The first-order valence-corrected chi connectivity index (χ1v) is 10.2. The largest absolute Gasteiger partial charge is 0.490 e. The zero-order chi connectivity index (χ0) is 23.7. The van der Waals surface area contributed by atoms with E-state index < -0.39 is 11.9 Å². The fourth-order valence-electron chi connectivity index (χ4n) is 2.78. The molecule has 166 valence electrons. The van der Waals surface area contributed by atoms with Gasteiger partial charge < -0.3 is 15.2 Å². The first-order valence-electron chi connectivity index (χ1n) is 9.48. The van der Waals surface area contributed by atoms with Crippen molar-refractivity contribution in [1.29, 1.82) is 5.26 Å². The van der Waals surface area contributed by atoms with E-state index in [4.69, 9.17) is 38.4 Å². The number of halogens is 2. The van der Waals surface area contributed by atoms with Gasteiger partial charge in [-0.1, -0.05) is 35.3 Å². The minimum atomic E-state index is -1.05. The van der Waals surface area contributed by atoms with Gasteiger partial charge in [0, 0.05) is 21.2 Å². The summed E-state index contributed by atoms with van der Waals surface area (Å²) in [5.41, 5.74) is 6.61. The maximum absolute atomic E-state index is 12.0. The van der Waals surface area contributed by atoms with Gasteiger partial charge in [0.25, 0.3) is 5.91 Å². The molecule has 9 heteroatoms. The van der Waals surface area contributed by atoms with Gasteiger partial charge in [-0.25, -0.2) is 4.79 Å². The molecule has 3 N–H and O–H groups in total. The van der Waals surface area contributed by atoms with Gasteiger partial charge in [0.1, 0.15) is 18.2 Å². The predicted molar refractivity (Wildman–Crippen MR) is 124 cm³/mol. The number of benzene rings is 2. The molecule has 0 aliphatic heterocycles. The van der Waals surface area contributed by atoms with E-state index in [1.54, 1.807) is 42.5 Å². The molecule has 0 spiro atoms. The summed E-state index contributed by atoms with van der Waals surface area (Å²) in [5, 5.41) is 12.2. The normalized spacial score (nSPS) is 10.8. The second-order valence-electron chi connectivity index (χ2n) is 6.45. The van der Waals surface area contributed by atoms with Crippen LogP contribution in [0.5, 0.6) is 11.5 Å². The fourth-order valence-corrected chi connectivity index (χ4v) is 3.25. The van der Waals surface area contributed by atoms with E-state index in [1.165, 1.54) is 6.08 Å². The lowest BCUT2D eigenvalue weighted by Crippen LogP contribution is -2.35. The number of primary amides is 1. The van der Waals surface area contributed by atoms with Crippen LogP contribution in [0.15, 0.2) is 48.6 Å². The van der Waals surface area contributed by atoms with Gasteiger partial charge in [-0.15, -0.1) is 6.58 Å². The Hall–Kier alpha value is -3.47. The van der Waals surface area contributed by atoms with Crippen LogP contribution in [0.1, 0.15) is 23.6 Å². The van der Waals surface area contributed by atoms with Crippen molar-refractivity contribution in [3.05, 3.63) is 75.3 Å². The summed E-state index contributed by atoms with van der Waals surface area (Å²) < 4.78 is 11.8. The molecule has 32 heavy (non-hydrogen) atoms. The lowest BCUT2D eigenvalue weighted by Gasteiger charge is -2.17. The number of carbonyl (C=O) groups excluding carboxylic acids is 2. The van der Waals surface area contributed by atoms with E-state index in [2.05, 4.69) is 6.58 Å². The minimum absolute atomic E-state index is 0.167. The topological polar surface area (TPSA) is 114 Å². The van der Waals surface area contributed by atoms with Crippen molar-refractivity contribution in [3.63, 3.8) is 0 Å². The number of rotatable bonds is 9. The van der Waals surface area contributed by atoms with Crippen LogP contribution in [0.4, 0.5) is 4.79 Å². The van der Waals surface area contributed by atoms with Gasteiger partial charge in [-0.2, -0.15) is 5.26 Å². The van der Waals surface area contributed by atoms with E-state index in [-0.39, 0.29) is 12.2 Å². The molecule has 2 rings (SSSR count). The maximum Gasteiger partial charge on any atom is 0.319 e. The quantitative estimate of drug-likeness (QED) is 0.308. The first-order chi connectivity index (χ1) is 15.3. The van der Waals surface area contributed by atoms with Gasteiger partial charge in [0.05, 0.1) is 6.61 Å². The summed E-state index contributed by atoms with van der Waals surface area (Å²) in [6, 6.07) is 9.18. The summed E-state index contributed by atoms with van der Waals surface area (Å²) in [6.07, 6.45) is 3.44. The van der Waals surface area contributed by atoms with E-state index in [1.807, 2.05) is 12.2 Å². The van der Waals surface area contributed by atoms with Crippen LogP contribution < -0.4 is 20.5 Å². The minimum Gasteiger partial charge on any atom is -0.490 e. The van der Waals surface area contributed by atoms with Crippen LogP contribution in [0.2, 0.25) is 10.0 Å². The summed E-state index contributed by atoms with van der Waals surface area (Å²) in [5.74, 6) is -0.00765. The van der Waals surface area contributed by atoms with Crippen LogP contribution in [0.25, 0.3) is 6.08 Å². The summed E-state index contributed by atoms with van der Waals surface area (Å²) in [6.45, 7) is 6.10. The van der Waals surface area contributed by atoms with Crippen molar-refractivity contribution in [2.24, 2.45) is 5.73 Å². The number of nitrogens with one attached hydrogen (secondary N) is 1. The number of amides is 3. The Morgan fingerprint density at radius 1 is 1.22 bits per heavy atom. The van der Waals surface area contributed by atoms with Gasteiger partial charge in [0.2, 0.25) is 0 Å². The molecular formula is C23H21Cl2N3O4. The molecule has 0 aromatic heterocycles. The standard InChI is InChI=1S/C23H21Cl2N3O4/c1-3-5-15-8-14(9-17(12-26)22(29)28-23(27)30)10-20(31-4-2)21(15)32-13-16-6-7-18(24)11-19(16)25/h3,6-11H,1,4-5,13H2,2H3,(H3,27,28,29,30)/b17-9-. The Labute approximate surface area is 196 Å². The van der Waals surface area contributed by atoms with Crippen molar-refractivity contribution in [2.45, 2.75) is 20.0 Å². The second-order valence-corrected chi connectivity index (χ2v) is 7.29. The molecule has 2 aromatic carbocycles. The fraction of sp³-hybridized carbons (Fsp3) is 0.174. The first kappa shape index (κ1) is 24.8. The lowest BCUT2D eigenvalue weighted by molar-refractivity contribution is -0.115. The van der Waals surface area contributed by atoms with Crippen LogP contribution in [-0.4, -0.2) is 18.5 Å². The summed E-state index contributed by atoms with van der Waals surface area (Å²) in [7, 11) is 0. The number of nitrogens with two attached hydrogens (primary N) is 1. The smallest absolute Gasteiger partial charge is 0.319 e. The van der Waals surface area contributed by atoms with Crippen molar-refractivity contribution >= 4 is 41.2 Å². The van der Waals surface area contributed by atoms with Gasteiger partial charge >= 0.3 is 6.03 Å². The third kappa shape index (κ3) is 6.77. The van der Waals surface area contributed by atoms with Crippen molar-refractivity contribution in [2.75, 3.05) is 6.61 Å². The van der Waals surface area contributed by atoms with Crippen molar-refractivity contribution in [3.8, 4) is 17.6 Å². The van der Waals surface area contributed by atoms with Crippen molar-refractivity contribution < 1.29 is 19.1 Å². The predicted octanol–water partition coefficient (Wildman–Crippen LogP) is 4.80. The molecule has 0 fully saturated rings. The van der Waals surface area contributed by atoms with Crippen LogP contribution >= 0.6 is 23.2 Å². The Kier molecular flexibility index (Phi) is 9.14. The number of carbonyl (C=O) groups is 2. The molecule has 0 saturated heterocycles. The third-order valence-corrected chi connectivity index (χ3v) is 4.71. The average Bonchev–Trinajstić information content (AvgIpc) is 2.72. The highest BCUT2D eigenvalue weighted by atomic mass is 35.5. The van der Waals surface area contributed by atoms with E-state index in [0.29, 0.717) is 40.1 Å². The van der Waals surface area contributed by atoms with Crippen LogP contribution in [-0.2, 0) is 17.8 Å². The average molecular weight is 474 g/mol. The molecule has 0 heterocycles. The lowest BCUT2D eigenvalue weighted by atomic mass is 10.0. The molecule has 0 unspecified atom stereocenters. The Bertz CT molecular complexity index is 1110. The van der Waals surface area contributed by atoms with E-state index >= 15 is 0 Å². The molecule has 0 atom stereocenters. The number of urea groups is 1. The van der Waals surface area contributed by atoms with E-state index in [0.717, 1.165) is 11.1 Å². The zero-order valence-corrected chi connectivity index (χ0v) is 18.8. The van der Waals surface area contributed by atoms with Crippen LogP contribution in [0.3, 0.4) is 0 Å². The molecule has 0 aliphatic carbocycles. The molecule has 0 radical (unpaired) electrons. The molecule has 0 bridgehead atoms. The highest BCUT2D eigenvalue weighted by Gasteiger charge is 2.16. The van der Waals surface area contributed by atoms with Crippen LogP contribution in [0, 0.1) is 11.3 Å². The Morgan fingerprint density at radius 3 is 2.56 bits per heavy atom. The number of imide groups is 1. The molecule has 0 saturated carbocycles. The van der Waals surface area contributed by atoms with Gasteiger partial charge in [-0.05, 0) is 49.2 Å². The third-order valence-electron chi connectivity index (χ3n) is 4.12. The summed E-state index contributed by atoms with van der Waals surface area (Å²) >= 11 is 12.2. The van der Waals surface area contributed by atoms with Gasteiger partial charge in [-0.3, -0.25) is 10.1 Å². The monoisotopic (exact) mass is 473 g/mol. The number of allylic oxidation sites excluding steroid dienone is 1. The second kappa shape index (κ2) is 11.8. The molecule has 7 nitrogen and oxygen atoms in total. The Balaban J connectivity index is 2.46. The van der Waals surface area contributed by atoms with Crippen molar-refractivity contribution in [1.82, 2.24) is 5.32 Å². The number of nitrogens with zero attached hydrogens (tertiary/aromatic N) is 1. The number of hydrogen-bond donors (Lipinski definition) is 2. The SMILES string of the molecule is C=CCc1cc(/C=C(/C#N)C(=O)NC(N)=O)cc(OCC)c1OCc1ccc(Cl)cc1Cl. The molecule has 0 aliphatic rings. The zero-order valence-electron chi connectivity index (χ0n) is 17.3. The maximum atomic E-state index is 12.0. The highest BCUT2D eigenvalue weighted by Crippen LogP contribution is 2.36. The number of nitriles is 1. The van der Waals surface area contributed by atoms with Gasteiger partial charge in [0.15, 0.2) is 11.5 Å². The van der Waals surface area contributed by atoms with E-state index in [9.17, 15) is 14.9 Å². The molecule has 3 amide bonds. The molecular weight excluding hydrogens is 453 g/mol. The number of hydrogen-bond acceptors (Lipinski definition) is 5. The molecule has 2 aromatic rings.